The number of aromatic nitrogens is 3. The number of guanidine groups is 1. The predicted molar refractivity (Wildman–Crippen MR) is 92.9 cm³/mol. The van der Waals surface area contributed by atoms with Crippen LogP contribution < -0.4 is 5.73 Å². The monoisotopic (exact) mass is 398 g/mol. The first-order valence-corrected chi connectivity index (χ1v) is 6.72. The number of pyridine rings is 1. The molecule has 0 unspecified atom stereocenters. The van der Waals surface area contributed by atoms with Crippen molar-refractivity contribution in [2.24, 2.45) is 10.7 Å². The minimum absolute atomic E-state index is 0. The SMILES string of the molecule is CN(C(N)=NCc1ccnc(-n2cccn2)c1)C1CC1.I. The maximum absolute atomic E-state index is 5.98. The van der Waals surface area contributed by atoms with E-state index in [9.17, 15) is 0 Å². The van der Waals surface area contributed by atoms with Crippen molar-refractivity contribution in [1.29, 1.82) is 0 Å². The fourth-order valence-corrected chi connectivity index (χ4v) is 2.02. The summed E-state index contributed by atoms with van der Waals surface area (Å²) in [6, 6.07) is 6.37. The van der Waals surface area contributed by atoms with Crippen LogP contribution in [0.2, 0.25) is 0 Å². The predicted octanol–water partition coefficient (Wildman–Crippen LogP) is 1.79. The van der Waals surface area contributed by atoms with Gasteiger partial charge in [0.15, 0.2) is 11.8 Å². The summed E-state index contributed by atoms with van der Waals surface area (Å²) in [5.74, 6) is 1.39. The van der Waals surface area contributed by atoms with Crippen molar-refractivity contribution in [3.63, 3.8) is 0 Å². The number of nitrogens with two attached hydrogens (primary N) is 1. The van der Waals surface area contributed by atoms with Crippen LogP contribution in [0.3, 0.4) is 0 Å². The van der Waals surface area contributed by atoms with Gasteiger partial charge in [-0.2, -0.15) is 5.10 Å². The number of nitrogens with zero attached hydrogens (tertiary/aromatic N) is 5. The van der Waals surface area contributed by atoms with Crippen molar-refractivity contribution >= 4 is 29.9 Å². The molecule has 0 bridgehead atoms. The largest absolute Gasteiger partial charge is 0.370 e. The molecule has 3 rings (SSSR count). The maximum Gasteiger partial charge on any atom is 0.191 e. The van der Waals surface area contributed by atoms with Crippen LogP contribution in [-0.2, 0) is 6.54 Å². The molecule has 112 valence electrons. The topological polar surface area (TPSA) is 72.3 Å². The van der Waals surface area contributed by atoms with Crippen LogP contribution in [0.1, 0.15) is 18.4 Å². The molecule has 2 aromatic rings. The Bertz CT molecular complexity index is 606. The first-order valence-electron chi connectivity index (χ1n) is 6.72. The smallest absolute Gasteiger partial charge is 0.191 e. The van der Waals surface area contributed by atoms with Gasteiger partial charge >= 0.3 is 0 Å². The van der Waals surface area contributed by atoms with Crippen molar-refractivity contribution in [3.05, 3.63) is 42.4 Å². The van der Waals surface area contributed by atoms with E-state index in [0.717, 1.165) is 11.4 Å². The van der Waals surface area contributed by atoms with E-state index in [2.05, 4.69) is 20.0 Å². The number of hydrogen-bond acceptors (Lipinski definition) is 3. The third-order valence-electron chi connectivity index (χ3n) is 3.43. The van der Waals surface area contributed by atoms with E-state index in [1.165, 1.54) is 12.8 Å². The van der Waals surface area contributed by atoms with Gasteiger partial charge < -0.3 is 10.6 Å². The van der Waals surface area contributed by atoms with Crippen LogP contribution in [0.25, 0.3) is 5.82 Å². The lowest BCUT2D eigenvalue weighted by molar-refractivity contribution is 0.487. The molecule has 2 heterocycles. The number of rotatable bonds is 4. The zero-order chi connectivity index (χ0) is 13.9. The number of aliphatic imine (C=N–C) groups is 1. The molecule has 0 radical (unpaired) electrons. The summed E-state index contributed by atoms with van der Waals surface area (Å²) < 4.78 is 1.73. The third kappa shape index (κ3) is 3.93. The number of halogens is 1. The van der Waals surface area contributed by atoms with E-state index in [4.69, 9.17) is 5.73 Å². The van der Waals surface area contributed by atoms with Crippen LogP contribution in [0.4, 0.5) is 0 Å². The Kier molecular flexibility index (Phi) is 5.16. The highest BCUT2D eigenvalue weighted by Crippen LogP contribution is 2.24. The molecule has 7 heteroatoms. The van der Waals surface area contributed by atoms with Gasteiger partial charge in [-0.25, -0.2) is 14.7 Å². The first-order chi connectivity index (χ1) is 9.74. The van der Waals surface area contributed by atoms with Gasteiger partial charge in [-0.3, -0.25) is 0 Å². The fraction of sp³-hybridized carbons (Fsp3) is 0.357. The minimum atomic E-state index is 0. The summed E-state index contributed by atoms with van der Waals surface area (Å²) in [7, 11) is 2.00. The number of hydrogen-bond donors (Lipinski definition) is 1. The lowest BCUT2D eigenvalue weighted by atomic mass is 10.2. The molecular formula is C14H19IN6. The van der Waals surface area contributed by atoms with Gasteiger partial charge in [-0.05, 0) is 36.6 Å². The van der Waals surface area contributed by atoms with E-state index < -0.39 is 0 Å². The average molecular weight is 398 g/mol. The molecule has 1 saturated carbocycles. The van der Waals surface area contributed by atoms with Crippen molar-refractivity contribution < 1.29 is 0 Å². The molecule has 0 aromatic carbocycles. The summed E-state index contributed by atoms with van der Waals surface area (Å²) in [6.45, 7) is 0.555. The highest BCUT2D eigenvalue weighted by molar-refractivity contribution is 14.0. The lowest BCUT2D eigenvalue weighted by Crippen LogP contribution is -2.35. The van der Waals surface area contributed by atoms with Crippen LogP contribution in [-0.4, -0.2) is 38.7 Å². The van der Waals surface area contributed by atoms with E-state index in [1.807, 2.05) is 31.4 Å². The van der Waals surface area contributed by atoms with Gasteiger partial charge in [0.05, 0.1) is 6.54 Å². The van der Waals surface area contributed by atoms with Crippen molar-refractivity contribution in [2.45, 2.75) is 25.4 Å². The second kappa shape index (κ2) is 6.88. The van der Waals surface area contributed by atoms with Gasteiger partial charge in [0.1, 0.15) is 0 Å². The zero-order valence-electron chi connectivity index (χ0n) is 11.9. The van der Waals surface area contributed by atoms with E-state index in [0.29, 0.717) is 18.5 Å². The minimum Gasteiger partial charge on any atom is -0.370 e. The molecule has 0 spiro atoms. The van der Waals surface area contributed by atoms with Gasteiger partial charge in [-0.1, -0.05) is 0 Å². The second-order valence-corrected chi connectivity index (χ2v) is 4.99. The van der Waals surface area contributed by atoms with Gasteiger partial charge in [0, 0.05) is 31.7 Å². The Morgan fingerprint density at radius 2 is 2.29 bits per heavy atom. The Balaban J connectivity index is 0.00000161. The molecule has 0 amide bonds. The van der Waals surface area contributed by atoms with Gasteiger partial charge in [0.2, 0.25) is 0 Å². The van der Waals surface area contributed by atoms with Crippen LogP contribution in [0.15, 0.2) is 41.8 Å². The summed E-state index contributed by atoms with van der Waals surface area (Å²) in [5.41, 5.74) is 7.05. The van der Waals surface area contributed by atoms with Crippen LogP contribution in [0, 0.1) is 0 Å². The summed E-state index contributed by atoms with van der Waals surface area (Å²) in [6.07, 6.45) is 7.79. The fourth-order valence-electron chi connectivity index (χ4n) is 2.02. The summed E-state index contributed by atoms with van der Waals surface area (Å²) in [4.78, 5) is 10.8. The Morgan fingerprint density at radius 3 is 2.95 bits per heavy atom. The highest BCUT2D eigenvalue weighted by atomic mass is 127. The average Bonchev–Trinajstić information content (AvgIpc) is 3.18. The molecule has 0 aliphatic heterocycles. The molecule has 21 heavy (non-hydrogen) atoms. The van der Waals surface area contributed by atoms with Crippen molar-refractivity contribution in [2.75, 3.05) is 7.05 Å². The molecule has 2 aromatic heterocycles. The van der Waals surface area contributed by atoms with E-state index >= 15 is 0 Å². The first kappa shape index (κ1) is 15.7. The molecule has 6 nitrogen and oxygen atoms in total. The normalized spacial score (nSPS) is 14.6. The Hall–Kier alpha value is -1.64. The highest BCUT2D eigenvalue weighted by Gasteiger charge is 2.27. The molecular weight excluding hydrogens is 379 g/mol. The van der Waals surface area contributed by atoms with Crippen LogP contribution in [0.5, 0.6) is 0 Å². The molecule has 0 saturated heterocycles. The standard InChI is InChI=1S/C14H18N6.HI/c1-19(12-3-4-12)14(15)17-10-11-5-7-16-13(9-11)20-8-2-6-18-20;/h2,5-9,12H,3-4,10H2,1H3,(H2,15,17);1H. The van der Waals surface area contributed by atoms with Gasteiger partial charge in [-0.15, -0.1) is 24.0 Å². The quantitative estimate of drug-likeness (QED) is 0.484. The van der Waals surface area contributed by atoms with Crippen molar-refractivity contribution in [3.8, 4) is 5.82 Å². The summed E-state index contributed by atoms with van der Waals surface area (Å²) in [5, 5.41) is 4.17. The zero-order valence-corrected chi connectivity index (χ0v) is 14.2. The van der Waals surface area contributed by atoms with E-state index in [1.54, 1.807) is 17.1 Å². The van der Waals surface area contributed by atoms with Gasteiger partial charge in [0.25, 0.3) is 0 Å². The van der Waals surface area contributed by atoms with Crippen LogP contribution >= 0.6 is 24.0 Å². The summed E-state index contributed by atoms with van der Waals surface area (Å²) >= 11 is 0. The molecule has 1 aliphatic carbocycles. The Morgan fingerprint density at radius 1 is 1.48 bits per heavy atom. The Labute approximate surface area is 141 Å². The maximum atomic E-state index is 5.98. The third-order valence-corrected chi connectivity index (χ3v) is 3.43. The molecule has 1 fully saturated rings. The molecule has 0 atom stereocenters. The van der Waals surface area contributed by atoms with Crippen molar-refractivity contribution in [1.82, 2.24) is 19.7 Å². The van der Waals surface area contributed by atoms with E-state index in [-0.39, 0.29) is 24.0 Å². The molecule has 2 N–H and O–H groups in total. The second-order valence-electron chi connectivity index (χ2n) is 4.99. The lowest BCUT2D eigenvalue weighted by Gasteiger charge is -2.16. The molecule has 1 aliphatic rings.